The molecule has 4 nitrogen and oxygen atoms in total. The first-order chi connectivity index (χ1) is 10.2. The fraction of sp³-hybridized carbons (Fsp3) is 0.125. The molecule has 5 heteroatoms. The summed E-state index contributed by atoms with van der Waals surface area (Å²) in [5, 5.41) is 7.39. The number of benzene rings is 1. The number of rotatable bonds is 4. The number of aryl methyl sites for hydroxylation is 1. The number of hydrogen-bond acceptors (Lipinski definition) is 3. The molecule has 0 atom stereocenters. The molecule has 0 aliphatic heterocycles. The molecule has 0 bridgehead atoms. The topological polar surface area (TPSA) is 42.7 Å². The van der Waals surface area contributed by atoms with Crippen molar-refractivity contribution in [2.75, 3.05) is 5.32 Å². The SMILES string of the molecule is Cc1cc(CNc2ccc(-n3cccn3)nc2)ccc1F. The van der Waals surface area contributed by atoms with Gasteiger partial charge in [0.15, 0.2) is 5.82 Å². The number of halogens is 1. The molecule has 0 fully saturated rings. The molecule has 21 heavy (non-hydrogen) atoms. The maximum Gasteiger partial charge on any atom is 0.153 e. The number of anilines is 1. The first-order valence-electron chi connectivity index (χ1n) is 6.67. The minimum absolute atomic E-state index is 0.177. The Morgan fingerprint density at radius 3 is 2.81 bits per heavy atom. The third kappa shape index (κ3) is 3.08. The molecule has 1 N–H and O–H groups in total. The summed E-state index contributed by atoms with van der Waals surface area (Å²) in [5.74, 6) is 0.590. The van der Waals surface area contributed by atoms with E-state index in [4.69, 9.17) is 0 Å². The Hall–Kier alpha value is -2.69. The Bertz CT molecular complexity index is 721. The molecule has 0 amide bonds. The van der Waals surface area contributed by atoms with Crippen LogP contribution < -0.4 is 5.32 Å². The van der Waals surface area contributed by atoms with E-state index in [0.717, 1.165) is 17.1 Å². The van der Waals surface area contributed by atoms with Crippen LogP contribution >= 0.6 is 0 Å². The highest BCUT2D eigenvalue weighted by Gasteiger charge is 2.01. The number of pyridine rings is 1. The van der Waals surface area contributed by atoms with Crippen LogP contribution in [0.5, 0.6) is 0 Å². The fourth-order valence-electron chi connectivity index (χ4n) is 2.05. The molecule has 3 aromatic rings. The van der Waals surface area contributed by atoms with Gasteiger partial charge in [-0.15, -0.1) is 0 Å². The fourth-order valence-corrected chi connectivity index (χ4v) is 2.05. The highest BCUT2D eigenvalue weighted by Crippen LogP contribution is 2.13. The first-order valence-corrected chi connectivity index (χ1v) is 6.67. The monoisotopic (exact) mass is 282 g/mol. The van der Waals surface area contributed by atoms with Gasteiger partial charge in [0, 0.05) is 18.9 Å². The molecule has 0 aliphatic carbocycles. The molecule has 1 aromatic carbocycles. The average Bonchev–Trinajstić information content (AvgIpc) is 3.03. The summed E-state index contributed by atoms with van der Waals surface area (Å²) in [6.45, 7) is 2.39. The minimum atomic E-state index is -0.177. The zero-order valence-electron chi connectivity index (χ0n) is 11.6. The van der Waals surface area contributed by atoms with Crippen molar-refractivity contribution in [3.05, 3.63) is 71.9 Å². The molecular weight excluding hydrogens is 267 g/mol. The van der Waals surface area contributed by atoms with Gasteiger partial charge in [0.1, 0.15) is 5.82 Å². The van der Waals surface area contributed by atoms with Crippen LogP contribution in [0.1, 0.15) is 11.1 Å². The lowest BCUT2D eigenvalue weighted by molar-refractivity contribution is 0.617. The van der Waals surface area contributed by atoms with E-state index in [1.807, 2.05) is 30.5 Å². The smallest absolute Gasteiger partial charge is 0.153 e. The van der Waals surface area contributed by atoms with E-state index in [1.165, 1.54) is 6.07 Å². The zero-order chi connectivity index (χ0) is 14.7. The molecular formula is C16H15FN4. The lowest BCUT2D eigenvalue weighted by Crippen LogP contribution is -2.02. The van der Waals surface area contributed by atoms with Crippen LogP contribution in [0.15, 0.2) is 55.0 Å². The predicted octanol–water partition coefficient (Wildman–Crippen LogP) is 3.33. The van der Waals surface area contributed by atoms with Crippen molar-refractivity contribution < 1.29 is 4.39 Å². The maximum atomic E-state index is 13.2. The van der Waals surface area contributed by atoms with Gasteiger partial charge in [-0.2, -0.15) is 5.10 Å². The summed E-state index contributed by atoms with van der Waals surface area (Å²) in [6.07, 6.45) is 5.31. The summed E-state index contributed by atoms with van der Waals surface area (Å²) in [5.41, 5.74) is 2.60. The van der Waals surface area contributed by atoms with Crippen molar-refractivity contribution in [1.82, 2.24) is 14.8 Å². The molecule has 0 aliphatic rings. The van der Waals surface area contributed by atoms with Crippen LogP contribution in [-0.2, 0) is 6.54 Å². The van der Waals surface area contributed by atoms with Crippen LogP contribution in [-0.4, -0.2) is 14.8 Å². The Kier molecular flexibility index (Phi) is 3.64. The molecule has 0 radical (unpaired) electrons. The molecule has 0 saturated carbocycles. The van der Waals surface area contributed by atoms with Crippen LogP contribution in [0, 0.1) is 12.7 Å². The van der Waals surface area contributed by atoms with Crippen LogP contribution in [0.2, 0.25) is 0 Å². The highest BCUT2D eigenvalue weighted by molar-refractivity contribution is 5.44. The number of nitrogens with zero attached hydrogens (tertiary/aromatic N) is 3. The largest absolute Gasteiger partial charge is 0.380 e. The van der Waals surface area contributed by atoms with E-state index in [1.54, 1.807) is 30.1 Å². The van der Waals surface area contributed by atoms with E-state index >= 15 is 0 Å². The van der Waals surface area contributed by atoms with Crippen LogP contribution in [0.3, 0.4) is 0 Å². The third-order valence-electron chi connectivity index (χ3n) is 3.21. The van der Waals surface area contributed by atoms with E-state index in [9.17, 15) is 4.39 Å². The lowest BCUT2D eigenvalue weighted by atomic mass is 10.1. The van der Waals surface area contributed by atoms with E-state index in [2.05, 4.69) is 15.4 Å². The van der Waals surface area contributed by atoms with Gasteiger partial charge in [-0.1, -0.05) is 12.1 Å². The van der Waals surface area contributed by atoms with Crippen LogP contribution in [0.25, 0.3) is 5.82 Å². The Morgan fingerprint density at radius 2 is 2.14 bits per heavy atom. The third-order valence-corrected chi connectivity index (χ3v) is 3.21. The summed E-state index contributed by atoms with van der Waals surface area (Å²) in [7, 11) is 0. The highest BCUT2D eigenvalue weighted by atomic mass is 19.1. The molecule has 2 heterocycles. The maximum absolute atomic E-state index is 13.2. The molecule has 0 spiro atoms. The molecule has 2 aromatic heterocycles. The van der Waals surface area contributed by atoms with Gasteiger partial charge in [-0.05, 0) is 42.3 Å². The molecule has 3 rings (SSSR count). The van der Waals surface area contributed by atoms with Gasteiger partial charge in [0.2, 0.25) is 0 Å². The molecule has 0 saturated heterocycles. The van der Waals surface area contributed by atoms with E-state index < -0.39 is 0 Å². The second-order valence-corrected chi connectivity index (χ2v) is 4.79. The van der Waals surface area contributed by atoms with E-state index in [0.29, 0.717) is 12.1 Å². The van der Waals surface area contributed by atoms with Crippen molar-refractivity contribution in [3.8, 4) is 5.82 Å². The normalized spacial score (nSPS) is 10.6. The second kappa shape index (κ2) is 5.75. The van der Waals surface area contributed by atoms with Crippen molar-refractivity contribution in [3.63, 3.8) is 0 Å². The summed E-state index contributed by atoms with van der Waals surface area (Å²) >= 11 is 0. The lowest BCUT2D eigenvalue weighted by Gasteiger charge is -2.08. The first kappa shape index (κ1) is 13.3. The van der Waals surface area contributed by atoms with E-state index in [-0.39, 0.29) is 5.82 Å². The molecule has 106 valence electrons. The van der Waals surface area contributed by atoms with Crippen LogP contribution in [0.4, 0.5) is 10.1 Å². The van der Waals surface area contributed by atoms with Gasteiger partial charge >= 0.3 is 0 Å². The summed E-state index contributed by atoms with van der Waals surface area (Å²) in [6, 6.07) is 10.8. The average molecular weight is 282 g/mol. The van der Waals surface area contributed by atoms with Crippen molar-refractivity contribution in [2.45, 2.75) is 13.5 Å². The Labute approximate surface area is 122 Å². The molecule has 0 unspecified atom stereocenters. The standard InChI is InChI=1S/C16H15FN4/c1-12-9-13(3-5-15(12)17)10-18-14-4-6-16(19-11-14)21-8-2-7-20-21/h2-9,11,18H,10H2,1H3. The number of hydrogen-bond donors (Lipinski definition) is 1. The van der Waals surface area contributed by atoms with Gasteiger partial charge in [-0.3, -0.25) is 0 Å². The summed E-state index contributed by atoms with van der Waals surface area (Å²) < 4.78 is 14.9. The number of nitrogens with one attached hydrogen (secondary N) is 1. The van der Waals surface area contributed by atoms with Crippen molar-refractivity contribution in [1.29, 1.82) is 0 Å². The van der Waals surface area contributed by atoms with Gasteiger partial charge < -0.3 is 5.32 Å². The van der Waals surface area contributed by atoms with Gasteiger partial charge in [0.25, 0.3) is 0 Å². The van der Waals surface area contributed by atoms with Crippen molar-refractivity contribution >= 4 is 5.69 Å². The quantitative estimate of drug-likeness (QED) is 0.798. The predicted molar refractivity (Wildman–Crippen MR) is 79.8 cm³/mol. The van der Waals surface area contributed by atoms with Gasteiger partial charge in [-0.25, -0.2) is 14.1 Å². The van der Waals surface area contributed by atoms with Gasteiger partial charge in [0.05, 0.1) is 11.9 Å². The number of aromatic nitrogens is 3. The Morgan fingerprint density at radius 1 is 1.24 bits per heavy atom. The zero-order valence-corrected chi connectivity index (χ0v) is 11.6. The Balaban J connectivity index is 1.66. The van der Waals surface area contributed by atoms with Crippen molar-refractivity contribution in [2.24, 2.45) is 0 Å². The minimum Gasteiger partial charge on any atom is -0.380 e. The summed E-state index contributed by atoms with van der Waals surface area (Å²) in [4.78, 5) is 4.34. The second-order valence-electron chi connectivity index (χ2n) is 4.79.